The molecule has 0 atom stereocenters. The Morgan fingerprint density at radius 2 is 1.86 bits per heavy atom. The number of ether oxygens (including phenoxy) is 1. The van der Waals surface area contributed by atoms with E-state index in [2.05, 4.69) is 4.98 Å². The third kappa shape index (κ3) is 2.17. The number of hydrogen-bond donors (Lipinski definition) is 1. The van der Waals surface area contributed by atoms with E-state index in [0.29, 0.717) is 28.2 Å². The molecule has 0 aliphatic carbocycles. The van der Waals surface area contributed by atoms with Crippen LogP contribution in [0.15, 0.2) is 53.3 Å². The van der Waals surface area contributed by atoms with Gasteiger partial charge >= 0.3 is 0 Å². The summed E-state index contributed by atoms with van der Waals surface area (Å²) in [5, 5.41) is 0.556. The van der Waals surface area contributed by atoms with E-state index in [9.17, 15) is 4.79 Å². The molecule has 0 saturated carbocycles. The van der Waals surface area contributed by atoms with Crippen LogP contribution in [0.2, 0.25) is 0 Å². The van der Waals surface area contributed by atoms with Gasteiger partial charge in [-0.3, -0.25) is 9.36 Å². The average molecular weight is 281 g/mol. The molecule has 2 aromatic carbocycles. The Labute approximate surface area is 121 Å². The number of methoxy groups -OCH3 is 1. The predicted molar refractivity (Wildman–Crippen MR) is 81.8 cm³/mol. The third-order valence-electron chi connectivity index (χ3n) is 3.35. The molecule has 3 rings (SSSR count). The molecule has 0 aliphatic heterocycles. The average Bonchev–Trinajstić information content (AvgIpc) is 2.54. The molecule has 0 aliphatic rings. The Bertz CT molecular complexity index is 856. The fourth-order valence-electron chi connectivity index (χ4n) is 2.38. The van der Waals surface area contributed by atoms with Crippen LogP contribution in [-0.2, 0) is 6.54 Å². The van der Waals surface area contributed by atoms with E-state index in [4.69, 9.17) is 10.5 Å². The molecule has 2 N–H and O–H groups in total. The Hall–Kier alpha value is -2.66. The van der Waals surface area contributed by atoms with Gasteiger partial charge in [-0.25, -0.2) is 4.98 Å². The van der Waals surface area contributed by atoms with Crippen molar-refractivity contribution >= 4 is 10.9 Å². The van der Waals surface area contributed by atoms with Crippen LogP contribution in [0.5, 0.6) is 5.75 Å². The molecule has 1 aromatic heterocycles. The van der Waals surface area contributed by atoms with Crippen LogP contribution in [0.25, 0.3) is 16.6 Å². The van der Waals surface area contributed by atoms with Gasteiger partial charge in [0.15, 0.2) is 0 Å². The van der Waals surface area contributed by atoms with E-state index in [1.165, 1.54) is 4.57 Å². The van der Waals surface area contributed by atoms with Gasteiger partial charge in [-0.15, -0.1) is 0 Å². The summed E-state index contributed by atoms with van der Waals surface area (Å²) in [5.41, 5.74) is 6.92. The van der Waals surface area contributed by atoms with Gasteiger partial charge in [0.25, 0.3) is 5.56 Å². The molecule has 106 valence electrons. The van der Waals surface area contributed by atoms with Crippen LogP contribution >= 0.6 is 0 Å². The van der Waals surface area contributed by atoms with Gasteiger partial charge in [0.05, 0.1) is 30.2 Å². The Morgan fingerprint density at radius 3 is 2.62 bits per heavy atom. The summed E-state index contributed by atoms with van der Waals surface area (Å²) in [7, 11) is 1.57. The van der Waals surface area contributed by atoms with E-state index < -0.39 is 0 Å². The zero-order chi connectivity index (χ0) is 14.8. The third-order valence-corrected chi connectivity index (χ3v) is 3.35. The number of aromatic nitrogens is 2. The van der Waals surface area contributed by atoms with Crippen LogP contribution in [0.3, 0.4) is 0 Å². The lowest BCUT2D eigenvalue weighted by molar-refractivity contribution is 0.412. The fourth-order valence-corrected chi connectivity index (χ4v) is 2.38. The number of nitrogens with zero attached hydrogens (tertiary/aromatic N) is 2. The minimum absolute atomic E-state index is 0.148. The fraction of sp³-hybridized carbons (Fsp3) is 0.125. The molecule has 3 aromatic rings. The van der Waals surface area contributed by atoms with E-state index in [0.717, 1.165) is 0 Å². The van der Waals surface area contributed by atoms with Crippen LogP contribution in [0, 0.1) is 0 Å². The molecule has 21 heavy (non-hydrogen) atoms. The van der Waals surface area contributed by atoms with Crippen LogP contribution in [-0.4, -0.2) is 16.7 Å². The lowest BCUT2D eigenvalue weighted by Gasteiger charge is -2.15. The topological polar surface area (TPSA) is 70.1 Å². The molecule has 0 radical (unpaired) electrons. The summed E-state index contributed by atoms with van der Waals surface area (Å²) < 4.78 is 6.85. The normalized spacial score (nSPS) is 10.8. The van der Waals surface area contributed by atoms with Crippen LogP contribution in [0.4, 0.5) is 0 Å². The van der Waals surface area contributed by atoms with Gasteiger partial charge < -0.3 is 10.5 Å². The highest BCUT2D eigenvalue weighted by molar-refractivity contribution is 5.78. The zero-order valence-corrected chi connectivity index (χ0v) is 11.6. The first-order valence-corrected chi connectivity index (χ1v) is 6.60. The van der Waals surface area contributed by atoms with Crippen molar-refractivity contribution < 1.29 is 4.74 Å². The van der Waals surface area contributed by atoms with E-state index >= 15 is 0 Å². The first-order chi connectivity index (χ1) is 10.3. The second-order valence-corrected chi connectivity index (χ2v) is 4.56. The van der Waals surface area contributed by atoms with Crippen molar-refractivity contribution in [2.45, 2.75) is 6.54 Å². The van der Waals surface area contributed by atoms with Gasteiger partial charge in [0.2, 0.25) is 0 Å². The Kier molecular flexibility index (Phi) is 3.41. The molecule has 0 bridgehead atoms. The Morgan fingerprint density at radius 1 is 1.14 bits per heavy atom. The van der Waals surface area contributed by atoms with Crippen molar-refractivity contribution in [1.29, 1.82) is 0 Å². The van der Waals surface area contributed by atoms with E-state index in [1.54, 1.807) is 19.2 Å². The van der Waals surface area contributed by atoms with Crippen molar-refractivity contribution in [1.82, 2.24) is 9.55 Å². The van der Waals surface area contributed by atoms with Crippen LogP contribution in [0.1, 0.15) is 5.82 Å². The molecular weight excluding hydrogens is 266 g/mol. The molecule has 0 unspecified atom stereocenters. The maximum absolute atomic E-state index is 12.8. The molecule has 1 heterocycles. The first-order valence-electron chi connectivity index (χ1n) is 6.60. The summed E-state index contributed by atoms with van der Waals surface area (Å²) in [6, 6.07) is 14.6. The maximum Gasteiger partial charge on any atom is 0.266 e. The lowest BCUT2D eigenvalue weighted by Crippen LogP contribution is -2.25. The molecular formula is C16H15N3O2. The SMILES string of the molecule is COc1ccccc1-n1c(CN)nc2ccccc2c1=O. The van der Waals surface area contributed by atoms with Gasteiger partial charge in [-0.1, -0.05) is 24.3 Å². The summed E-state index contributed by atoms with van der Waals surface area (Å²) >= 11 is 0. The molecule has 0 saturated heterocycles. The highest BCUT2D eigenvalue weighted by Gasteiger charge is 2.14. The molecule has 5 heteroatoms. The molecule has 0 spiro atoms. The largest absolute Gasteiger partial charge is 0.495 e. The summed E-state index contributed by atoms with van der Waals surface area (Å²) in [6.07, 6.45) is 0. The minimum atomic E-state index is -0.148. The number of nitrogens with two attached hydrogens (primary N) is 1. The standard InChI is InChI=1S/C16H15N3O2/c1-21-14-9-5-4-8-13(14)19-15(10-17)18-12-7-3-2-6-11(12)16(19)20/h2-9H,10,17H2,1H3. The van der Waals surface area contributed by atoms with Crippen molar-refractivity contribution in [3.63, 3.8) is 0 Å². The van der Waals surface area contributed by atoms with Crippen molar-refractivity contribution in [2.75, 3.05) is 7.11 Å². The highest BCUT2D eigenvalue weighted by Crippen LogP contribution is 2.22. The second-order valence-electron chi connectivity index (χ2n) is 4.56. The quantitative estimate of drug-likeness (QED) is 0.795. The minimum Gasteiger partial charge on any atom is -0.495 e. The summed E-state index contributed by atoms with van der Waals surface area (Å²) in [4.78, 5) is 17.3. The van der Waals surface area contributed by atoms with Gasteiger partial charge in [0.1, 0.15) is 11.6 Å². The summed E-state index contributed by atoms with van der Waals surface area (Å²) in [5.74, 6) is 1.11. The second kappa shape index (κ2) is 5.38. The highest BCUT2D eigenvalue weighted by atomic mass is 16.5. The smallest absolute Gasteiger partial charge is 0.266 e. The number of fused-ring (bicyclic) bond motifs is 1. The zero-order valence-electron chi connectivity index (χ0n) is 11.6. The van der Waals surface area contributed by atoms with Crippen molar-refractivity contribution in [2.24, 2.45) is 5.73 Å². The first kappa shape index (κ1) is 13.3. The number of rotatable bonds is 3. The van der Waals surface area contributed by atoms with Gasteiger partial charge in [-0.2, -0.15) is 0 Å². The monoisotopic (exact) mass is 281 g/mol. The van der Waals surface area contributed by atoms with E-state index in [-0.39, 0.29) is 12.1 Å². The van der Waals surface area contributed by atoms with Gasteiger partial charge in [-0.05, 0) is 24.3 Å². The molecule has 5 nitrogen and oxygen atoms in total. The van der Waals surface area contributed by atoms with Crippen LogP contribution < -0.4 is 16.0 Å². The predicted octanol–water partition coefficient (Wildman–Crippen LogP) is 1.85. The molecule has 0 fully saturated rings. The van der Waals surface area contributed by atoms with Crippen molar-refractivity contribution in [3.8, 4) is 11.4 Å². The number of hydrogen-bond acceptors (Lipinski definition) is 4. The van der Waals surface area contributed by atoms with E-state index in [1.807, 2.05) is 36.4 Å². The lowest BCUT2D eigenvalue weighted by atomic mass is 10.2. The molecule has 0 amide bonds. The number of benzene rings is 2. The maximum atomic E-state index is 12.8. The number of para-hydroxylation sites is 3. The summed E-state index contributed by atoms with van der Waals surface area (Å²) in [6.45, 7) is 0.165. The Balaban J connectivity index is 2.41. The van der Waals surface area contributed by atoms with Crippen molar-refractivity contribution in [3.05, 3.63) is 64.7 Å². The van der Waals surface area contributed by atoms with Gasteiger partial charge in [0, 0.05) is 0 Å².